The number of hydrogen-bond donors (Lipinski definition) is 1. The maximum atomic E-state index is 11.4. The van der Waals surface area contributed by atoms with Crippen molar-refractivity contribution in [2.45, 2.75) is 6.92 Å². The molecule has 2 amide bonds. The molecule has 0 saturated carbocycles. The molecule has 0 saturated heterocycles. The minimum Gasteiger partial charge on any atom is -0.293 e. The number of amides is 2. The van der Waals surface area contributed by atoms with Crippen molar-refractivity contribution in [3.05, 3.63) is 37.9 Å². The molecule has 0 radical (unpaired) electrons. The van der Waals surface area contributed by atoms with Crippen molar-refractivity contribution in [2.24, 2.45) is 0 Å². The third-order valence-electron chi connectivity index (χ3n) is 1.76. The molecule has 0 atom stereocenters. The number of nitrogens with zero attached hydrogens (tertiary/aromatic N) is 1. The van der Waals surface area contributed by atoms with E-state index in [2.05, 4.69) is 0 Å². The van der Waals surface area contributed by atoms with Crippen molar-refractivity contribution in [3.63, 3.8) is 0 Å². The van der Waals surface area contributed by atoms with Crippen LogP contribution < -0.4 is 5.32 Å². The first-order valence-corrected chi connectivity index (χ1v) is 5.04. The zero-order valence-corrected chi connectivity index (χ0v) is 10.0. The lowest BCUT2D eigenvalue weighted by Crippen LogP contribution is -2.27. The van der Waals surface area contributed by atoms with Crippen molar-refractivity contribution in [1.29, 1.82) is 0 Å². The highest BCUT2D eigenvalue weighted by Crippen LogP contribution is 2.32. The summed E-state index contributed by atoms with van der Waals surface area (Å²) in [6.07, 6.45) is 0. The lowest BCUT2D eigenvalue weighted by atomic mass is 10.2. The Bertz CT molecular complexity index is 516. The van der Waals surface area contributed by atoms with Gasteiger partial charge in [-0.15, -0.1) is 0 Å². The molecule has 1 aromatic rings. The van der Waals surface area contributed by atoms with Crippen LogP contribution in [-0.2, 0) is 4.79 Å². The fraction of sp³-hybridized carbons (Fsp3) is 0.111. The molecule has 0 aliphatic carbocycles. The van der Waals surface area contributed by atoms with Crippen LogP contribution in [0.4, 0.5) is 5.69 Å². The number of imide groups is 1. The van der Waals surface area contributed by atoms with Gasteiger partial charge >= 0.3 is 0 Å². The van der Waals surface area contributed by atoms with Gasteiger partial charge in [-0.05, 0) is 6.07 Å². The number of carbonyl (C=O) groups is 2. The molecule has 0 spiro atoms. The normalized spacial score (nSPS) is 9.82. The molecular formula is C9H6Cl2N2O4. The average molecular weight is 277 g/mol. The van der Waals surface area contributed by atoms with Crippen molar-refractivity contribution in [2.75, 3.05) is 0 Å². The summed E-state index contributed by atoms with van der Waals surface area (Å²) in [5.41, 5.74) is -0.603. The summed E-state index contributed by atoms with van der Waals surface area (Å²) in [4.78, 5) is 32.0. The Morgan fingerprint density at radius 2 is 1.94 bits per heavy atom. The molecule has 1 rings (SSSR count). The van der Waals surface area contributed by atoms with Crippen LogP contribution in [-0.4, -0.2) is 16.7 Å². The molecule has 90 valence electrons. The minimum absolute atomic E-state index is 0.110. The number of nitrogens with one attached hydrogen (secondary N) is 1. The molecule has 0 unspecified atom stereocenters. The van der Waals surface area contributed by atoms with Gasteiger partial charge < -0.3 is 0 Å². The monoisotopic (exact) mass is 276 g/mol. The SMILES string of the molecule is CC(=O)NC(=O)c1cc(Cl)c(Cl)c([N+](=O)[O-])c1. The fourth-order valence-electron chi connectivity index (χ4n) is 1.07. The van der Waals surface area contributed by atoms with Crippen LogP contribution in [0.3, 0.4) is 0 Å². The standard InChI is InChI=1S/C9H6Cl2N2O4/c1-4(14)12-9(15)5-2-6(10)8(11)7(3-5)13(16)17/h2-3H,1H3,(H,12,14,15). The summed E-state index contributed by atoms with van der Waals surface area (Å²) in [5.74, 6) is -1.36. The van der Waals surface area contributed by atoms with E-state index in [-0.39, 0.29) is 15.6 Å². The first-order chi connectivity index (χ1) is 7.82. The number of nitro benzene ring substituents is 1. The van der Waals surface area contributed by atoms with E-state index in [1.807, 2.05) is 5.32 Å². The topological polar surface area (TPSA) is 89.3 Å². The van der Waals surface area contributed by atoms with Crippen LogP contribution in [0.5, 0.6) is 0 Å². The maximum absolute atomic E-state index is 11.4. The quantitative estimate of drug-likeness (QED) is 0.662. The van der Waals surface area contributed by atoms with Crippen LogP contribution >= 0.6 is 23.2 Å². The van der Waals surface area contributed by atoms with Gasteiger partial charge in [0.2, 0.25) is 5.91 Å². The molecule has 0 aliphatic heterocycles. The maximum Gasteiger partial charge on any atom is 0.290 e. The number of rotatable bonds is 2. The summed E-state index contributed by atoms with van der Waals surface area (Å²) in [6, 6.07) is 2.10. The molecule has 0 aliphatic rings. The third kappa shape index (κ3) is 3.15. The van der Waals surface area contributed by atoms with E-state index in [1.165, 1.54) is 0 Å². The van der Waals surface area contributed by atoms with Gasteiger partial charge in [0.25, 0.3) is 11.6 Å². The molecule has 0 bridgehead atoms. The summed E-state index contributed by atoms with van der Waals surface area (Å²) in [5, 5.41) is 12.2. The Balaban J connectivity index is 3.23. The molecule has 17 heavy (non-hydrogen) atoms. The van der Waals surface area contributed by atoms with E-state index in [9.17, 15) is 19.7 Å². The van der Waals surface area contributed by atoms with Gasteiger partial charge in [0.15, 0.2) is 0 Å². The molecule has 1 aromatic carbocycles. The van der Waals surface area contributed by atoms with Gasteiger partial charge in [0.05, 0.1) is 9.95 Å². The molecule has 0 aromatic heterocycles. The number of nitro groups is 1. The average Bonchev–Trinajstić information content (AvgIpc) is 2.20. The van der Waals surface area contributed by atoms with Gasteiger partial charge in [-0.2, -0.15) is 0 Å². The van der Waals surface area contributed by atoms with Crippen LogP contribution in [0.1, 0.15) is 17.3 Å². The summed E-state index contributed by atoms with van der Waals surface area (Å²) >= 11 is 11.2. The highest BCUT2D eigenvalue weighted by molar-refractivity contribution is 6.43. The number of benzene rings is 1. The van der Waals surface area contributed by atoms with Crippen LogP contribution in [0.25, 0.3) is 0 Å². The van der Waals surface area contributed by atoms with E-state index < -0.39 is 22.4 Å². The number of hydrogen-bond acceptors (Lipinski definition) is 4. The lowest BCUT2D eigenvalue weighted by Gasteiger charge is -2.03. The van der Waals surface area contributed by atoms with Crippen molar-refractivity contribution < 1.29 is 14.5 Å². The summed E-state index contributed by atoms with van der Waals surface area (Å²) < 4.78 is 0. The number of carbonyl (C=O) groups excluding carboxylic acids is 2. The molecule has 8 heteroatoms. The third-order valence-corrected chi connectivity index (χ3v) is 2.55. The van der Waals surface area contributed by atoms with Gasteiger partial charge in [-0.3, -0.25) is 25.0 Å². The first kappa shape index (κ1) is 13.4. The number of halogens is 2. The first-order valence-electron chi connectivity index (χ1n) is 4.28. The fourth-order valence-corrected chi connectivity index (χ4v) is 1.46. The Kier molecular flexibility index (Phi) is 4.03. The molecule has 6 nitrogen and oxygen atoms in total. The molecular weight excluding hydrogens is 271 g/mol. The smallest absolute Gasteiger partial charge is 0.290 e. The van der Waals surface area contributed by atoms with Crippen molar-refractivity contribution in [1.82, 2.24) is 5.32 Å². The highest BCUT2D eigenvalue weighted by Gasteiger charge is 2.20. The summed E-state index contributed by atoms with van der Waals surface area (Å²) in [7, 11) is 0. The zero-order chi connectivity index (χ0) is 13.2. The van der Waals surface area contributed by atoms with Gasteiger partial charge in [-0.1, -0.05) is 23.2 Å². The van der Waals surface area contributed by atoms with Crippen LogP contribution in [0, 0.1) is 10.1 Å². The Labute approximate surface area is 106 Å². The van der Waals surface area contributed by atoms with E-state index in [4.69, 9.17) is 23.2 Å². The molecule has 0 heterocycles. The predicted molar refractivity (Wildman–Crippen MR) is 61.3 cm³/mol. The highest BCUT2D eigenvalue weighted by atomic mass is 35.5. The second-order valence-electron chi connectivity index (χ2n) is 3.06. The summed E-state index contributed by atoms with van der Waals surface area (Å²) in [6.45, 7) is 1.14. The van der Waals surface area contributed by atoms with E-state index in [1.54, 1.807) is 0 Å². The predicted octanol–water partition coefficient (Wildman–Crippen LogP) is 2.18. The van der Waals surface area contributed by atoms with Crippen LogP contribution in [0.15, 0.2) is 12.1 Å². The largest absolute Gasteiger partial charge is 0.293 e. The van der Waals surface area contributed by atoms with E-state index in [0.29, 0.717) is 0 Å². The Morgan fingerprint density at radius 3 is 2.41 bits per heavy atom. The molecule has 0 fully saturated rings. The zero-order valence-electron chi connectivity index (χ0n) is 8.49. The molecule has 1 N–H and O–H groups in total. The van der Waals surface area contributed by atoms with Crippen molar-refractivity contribution in [3.8, 4) is 0 Å². The van der Waals surface area contributed by atoms with Crippen LogP contribution in [0.2, 0.25) is 10.0 Å². The van der Waals surface area contributed by atoms with Gasteiger partial charge in [-0.25, -0.2) is 0 Å². The van der Waals surface area contributed by atoms with Gasteiger partial charge in [0, 0.05) is 18.6 Å². The van der Waals surface area contributed by atoms with E-state index >= 15 is 0 Å². The minimum atomic E-state index is -0.779. The Morgan fingerprint density at radius 1 is 1.35 bits per heavy atom. The van der Waals surface area contributed by atoms with Crippen molar-refractivity contribution >= 4 is 40.7 Å². The second kappa shape index (κ2) is 5.11. The van der Waals surface area contributed by atoms with Gasteiger partial charge in [0.1, 0.15) is 5.02 Å². The Hall–Kier alpha value is -1.66. The van der Waals surface area contributed by atoms with E-state index in [0.717, 1.165) is 19.1 Å². The lowest BCUT2D eigenvalue weighted by molar-refractivity contribution is -0.384. The second-order valence-corrected chi connectivity index (χ2v) is 3.84.